The third kappa shape index (κ3) is 4.56. The number of piperazine rings is 1. The first-order chi connectivity index (χ1) is 14.4. The first-order valence-electron chi connectivity index (χ1n) is 9.28. The van der Waals surface area contributed by atoms with Crippen LogP contribution in [-0.2, 0) is 14.8 Å². The van der Waals surface area contributed by atoms with Crippen LogP contribution in [0.2, 0.25) is 0 Å². The zero-order valence-electron chi connectivity index (χ0n) is 16.7. The first kappa shape index (κ1) is 21.6. The molecule has 0 bridgehead atoms. The number of hydrogen-bond donors (Lipinski definition) is 4. The molecule has 0 aliphatic carbocycles. The second-order valence-electron chi connectivity index (χ2n) is 6.62. The monoisotopic (exact) mass is 432 g/mol. The topological polar surface area (TPSA) is 159 Å². The van der Waals surface area contributed by atoms with Gasteiger partial charge >= 0.3 is 0 Å². The summed E-state index contributed by atoms with van der Waals surface area (Å²) in [6.07, 6.45) is 3.51. The Kier molecular flexibility index (Phi) is 6.59. The molecule has 4 rings (SSSR count). The van der Waals surface area contributed by atoms with E-state index in [2.05, 4.69) is 36.3 Å². The number of nitrogens with two attached hydrogens (primary N) is 1. The molecule has 1 saturated heterocycles. The number of pyridine rings is 1. The molecule has 0 unspecified atom stereocenters. The number of carbonyl (C=O) groups is 1. The van der Waals surface area contributed by atoms with Gasteiger partial charge in [0.2, 0.25) is 22.4 Å². The van der Waals surface area contributed by atoms with Crippen LogP contribution in [0.25, 0.3) is 11.0 Å². The Balaban J connectivity index is 0.000000806. The largest absolute Gasteiger partial charge is 0.372 e. The van der Waals surface area contributed by atoms with E-state index < -0.39 is 10.0 Å². The molecule has 1 aliphatic heterocycles. The highest BCUT2D eigenvalue weighted by Crippen LogP contribution is 2.22. The summed E-state index contributed by atoms with van der Waals surface area (Å²) < 4.78 is 26.8. The van der Waals surface area contributed by atoms with Crippen molar-refractivity contribution in [3.05, 3.63) is 35.8 Å². The standard InChI is InChI=1S/C17H21N7O2S.CH3NO/c1-11-9-20-16-15(11)12(2)21-17(23-16)22-14-4-3-13(10-19-14)27(25,26)24-7-5-18-6-8-24;2-1-3/h3-4,9-10,18H,5-8H2,1-2H3,(H2,19,20,21,22,23);1H,(H2,2,3). The molecule has 3 aromatic rings. The molecule has 1 aliphatic rings. The summed E-state index contributed by atoms with van der Waals surface area (Å²) in [5.41, 5.74) is 6.87. The Labute approximate surface area is 174 Å². The molecule has 5 N–H and O–H groups in total. The van der Waals surface area contributed by atoms with Gasteiger partial charge in [-0.25, -0.2) is 18.4 Å². The van der Waals surface area contributed by atoms with Crippen molar-refractivity contribution in [3.8, 4) is 0 Å². The normalized spacial score (nSPS) is 14.7. The average Bonchev–Trinajstić information content (AvgIpc) is 3.11. The molecule has 1 amide bonds. The molecule has 0 spiro atoms. The van der Waals surface area contributed by atoms with E-state index in [9.17, 15) is 8.42 Å². The molecule has 0 atom stereocenters. The summed E-state index contributed by atoms with van der Waals surface area (Å²) in [6, 6.07) is 3.18. The maximum absolute atomic E-state index is 12.7. The van der Waals surface area contributed by atoms with E-state index in [4.69, 9.17) is 4.79 Å². The SMILES string of the molecule is Cc1c[nH]c2nc(Nc3ccc(S(=O)(=O)N4CCNCC4)cn3)nc(C)c12.NC=O. The zero-order chi connectivity index (χ0) is 21.7. The molecule has 0 saturated carbocycles. The quantitative estimate of drug-likeness (QED) is 0.431. The van der Waals surface area contributed by atoms with Gasteiger partial charge in [0, 0.05) is 44.0 Å². The molecular weight excluding hydrogens is 408 g/mol. The van der Waals surface area contributed by atoms with Crippen molar-refractivity contribution < 1.29 is 13.2 Å². The first-order valence-corrected chi connectivity index (χ1v) is 10.7. The van der Waals surface area contributed by atoms with Crippen molar-refractivity contribution >= 4 is 39.2 Å². The fourth-order valence-corrected chi connectivity index (χ4v) is 4.60. The number of fused-ring (bicyclic) bond motifs is 1. The minimum Gasteiger partial charge on any atom is -0.372 e. The molecule has 4 heterocycles. The van der Waals surface area contributed by atoms with E-state index in [0.29, 0.717) is 37.9 Å². The van der Waals surface area contributed by atoms with E-state index in [0.717, 1.165) is 22.3 Å². The smallest absolute Gasteiger partial charge is 0.244 e. The number of amides is 1. The summed E-state index contributed by atoms with van der Waals surface area (Å²) in [4.78, 5) is 25.0. The number of aromatic nitrogens is 4. The molecule has 160 valence electrons. The van der Waals surface area contributed by atoms with Crippen molar-refractivity contribution in [2.45, 2.75) is 18.7 Å². The number of anilines is 2. The van der Waals surface area contributed by atoms with Crippen LogP contribution >= 0.6 is 0 Å². The van der Waals surface area contributed by atoms with Gasteiger partial charge in [-0.05, 0) is 31.5 Å². The highest BCUT2D eigenvalue weighted by molar-refractivity contribution is 7.89. The van der Waals surface area contributed by atoms with Crippen molar-refractivity contribution in [2.75, 3.05) is 31.5 Å². The Bertz CT molecular complexity index is 1120. The number of H-pyrrole nitrogens is 1. The lowest BCUT2D eigenvalue weighted by Crippen LogP contribution is -2.46. The maximum atomic E-state index is 12.7. The summed E-state index contributed by atoms with van der Waals surface area (Å²) in [6.45, 7) is 6.16. The van der Waals surface area contributed by atoms with Crippen LogP contribution in [0, 0.1) is 13.8 Å². The van der Waals surface area contributed by atoms with Gasteiger partial charge < -0.3 is 21.4 Å². The number of sulfonamides is 1. The molecule has 12 heteroatoms. The van der Waals surface area contributed by atoms with Crippen LogP contribution in [0.4, 0.5) is 11.8 Å². The molecule has 3 aromatic heterocycles. The second kappa shape index (κ2) is 9.15. The van der Waals surface area contributed by atoms with E-state index in [1.807, 2.05) is 20.0 Å². The van der Waals surface area contributed by atoms with Gasteiger partial charge in [0.25, 0.3) is 0 Å². The van der Waals surface area contributed by atoms with E-state index >= 15 is 0 Å². The lowest BCUT2D eigenvalue weighted by Gasteiger charge is -2.26. The van der Waals surface area contributed by atoms with Crippen molar-refractivity contribution in [3.63, 3.8) is 0 Å². The number of rotatable bonds is 4. The minimum absolute atomic E-state index is 0.183. The Hall–Kier alpha value is -3.09. The summed E-state index contributed by atoms with van der Waals surface area (Å²) in [5.74, 6) is 0.892. The molecule has 30 heavy (non-hydrogen) atoms. The summed E-state index contributed by atoms with van der Waals surface area (Å²) >= 11 is 0. The Morgan fingerprint density at radius 3 is 2.53 bits per heavy atom. The predicted octanol–water partition coefficient (Wildman–Crippen LogP) is 0.409. The maximum Gasteiger partial charge on any atom is 0.244 e. The van der Waals surface area contributed by atoms with Gasteiger partial charge in [-0.1, -0.05) is 0 Å². The molecule has 11 nitrogen and oxygen atoms in total. The molecular formula is C18H24N8O3S. The number of aromatic amines is 1. The highest BCUT2D eigenvalue weighted by Gasteiger charge is 2.26. The van der Waals surface area contributed by atoms with E-state index in [1.165, 1.54) is 10.5 Å². The van der Waals surface area contributed by atoms with Gasteiger partial charge in [-0.3, -0.25) is 4.79 Å². The lowest BCUT2D eigenvalue weighted by molar-refractivity contribution is -0.106. The highest BCUT2D eigenvalue weighted by atomic mass is 32.2. The Morgan fingerprint density at radius 1 is 1.20 bits per heavy atom. The van der Waals surface area contributed by atoms with Crippen molar-refractivity contribution in [2.24, 2.45) is 5.73 Å². The van der Waals surface area contributed by atoms with Crippen LogP contribution in [0.3, 0.4) is 0 Å². The Morgan fingerprint density at radius 2 is 1.90 bits per heavy atom. The third-order valence-electron chi connectivity index (χ3n) is 4.60. The van der Waals surface area contributed by atoms with Gasteiger partial charge in [-0.15, -0.1) is 0 Å². The van der Waals surface area contributed by atoms with Gasteiger partial charge in [0.1, 0.15) is 16.4 Å². The number of carbonyl (C=O) groups excluding carboxylic acids is 1. The number of hydrogen-bond acceptors (Lipinski definition) is 8. The van der Waals surface area contributed by atoms with E-state index in [1.54, 1.807) is 12.1 Å². The summed E-state index contributed by atoms with van der Waals surface area (Å²) in [5, 5.41) is 7.18. The van der Waals surface area contributed by atoms with Crippen molar-refractivity contribution in [1.82, 2.24) is 29.6 Å². The number of aryl methyl sites for hydroxylation is 2. The summed E-state index contributed by atoms with van der Waals surface area (Å²) in [7, 11) is -3.52. The fraction of sp³-hybridized carbons (Fsp3) is 0.333. The van der Waals surface area contributed by atoms with Crippen LogP contribution < -0.4 is 16.4 Å². The number of nitrogens with one attached hydrogen (secondary N) is 3. The minimum atomic E-state index is -3.52. The van der Waals surface area contributed by atoms with Gasteiger partial charge in [0.05, 0.1) is 5.69 Å². The van der Waals surface area contributed by atoms with Gasteiger partial charge in [0.15, 0.2) is 0 Å². The molecule has 0 radical (unpaired) electrons. The van der Waals surface area contributed by atoms with Crippen LogP contribution in [0.15, 0.2) is 29.4 Å². The zero-order valence-corrected chi connectivity index (χ0v) is 17.5. The van der Waals surface area contributed by atoms with Gasteiger partial charge in [-0.2, -0.15) is 9.29 Å². The number of primary amides is 1. The van der Waals surface area contributed by atoms with Crippen molar-refractivity contribution in [1.29, 1.82) is 0 Å². The molecule has 0 aromatic carbocycles. The fourth-order valence-electron chi connectivity index (χ4n) is 3.21. The second-order valence-corrected chi connectivity index (χ2v) is 8.56. The average molecular weight is 433 g/mol. The predicted molar refractivity (Wildman–Crippen MR) is 113 cm³/mol. The lowest BCUT2D eigenvalue weighted by atomic mass is 10.2. The van der Waals surface area contributed by atoms with Crippen LogP contribution in [0.5, 0.6) is 0 Å². The van der Waals surface area contributed by atoms with Crippen LogP contribution in [-0.4, -0.2) is 65.2 Å². The van der Waals surface area contributed by atoms with Crippen LogP contribution in [0.1, 0.15) is 11.3 Å². The number of nitrogens with zero attached hydrogens (tertiary/aromatic N) is 4. The van der Waals surface area contributed by atoms with E-state index in [-0.39, 0.29) is 11.3 Å². The molecule has 1 fully saturated rings. The third-order valence-corrected chi connectivity index (χ3v) is 6.48.